The summed E-state index contributed by atoms with van der Waals surface area (Å²) in [5.74, 6) is 0.423. The Labute approximate surface area is 133 Å². The van der Waals surface area contributed by atoms with Crippen molar-refractivity contribution in [3.8, 4) is 0 Å². The van der Waals surface area contributed by atoms with Crippen LogP contribution >= 0.6 is 0 Å². The SMILES string of the molecule is CC(C)CC(=O)N1CCCC1C(=O)NC(C)C1=CCCC=C1. The molecule has 2 atom stereocenters. The van der Waals surface area contributed by atoms with Crippen LogP contribution in [0.3, 0.4) is 0 Å². The molecule has 22 heavy (non-hydrogen) atoms. The maximum atomic E-state index is 12.5. The van der Waals surface area contributed by atoms with Crippen molar-refractivity contribution in [3.63, 3.8) is 0 Å². The average molecular weight is 304 g/mol. The first-order valence-corrected chi connectivity index (χ1v) is 8.45. The molecule has 1 aliphatic heterocycles. The highest BCUT2D eigenvalue weighted by Gasteiger charge is 2.34. The zero-order valence-electron chi connectivity index (χ0n) is 14.0. The molecule has 0 spiro atoms. The maximum absolute atomic E-state index is 12.5. The van der Waals surface area contributed by atoms with Crippen LogP contribution in [0.4, 0.5) is 0 Å². The Kier molecular flexibility index (Phi) is 5.81. The Hall–Kier alpha value is -1.58. The van der Waals surface area contributed by atoms with Gasteiger partial charge < -0.3 is 10.2 Å². The summed E-state index contributed by atoms with van der Waals surface area (Å²) in [6, 6.07) is -0.284. The molecule has 0 bridgehead atoms. The fourth-order valence-corrected chi connectivity index (χ4v) is 3.15. The van der Waals surface area contributed by atoms with Crippen LogP contribution in [-0.4, -0.2) is 35.3 Å². The Morgan fingerprint density at radius 1 is 1.32 bits per heavy atom. The van der Waals surface area contributed by atoms with E-state index in [1.165, 1.54) is 0 Å². The van der Waals surface area contributed by atoms with Crippen molar-refractivity contribution in [3.05, 3.63) is 23.8 Å². The topological polar surface area (TPSA) is 49.4 Å². The molecule has 4 nitrogen and oxygen atoms in total. The average Bonchev–Trinajstić information content (AvgIpc) is 2.97. The Morgan fingerprint density at radius 2 is 2.09 bits per heavy atom. The van der Waals surface area contributed by atoms with Crippen LogP contribution in [0.5, 0.6) is 0 Å². The van der Waals surface area contributed by atoms with E-state index in [1.807, 2.05) is 20.8 Å². The summed E-state index contributed by atoms with van der Waals surface area (Å²) >= 11 is 0. The van der Waals surface area contributed by atoms with Gasteiger partial charge in [0.2, 0.25) is 11.8 Å². The molecule has 1 N–H and O–H groups in total. The predicted molar refractivity (Wildman–Crippen MR) is 88.3 cm³/mol. The van der Waals surface area contributed by atoms with Crippen LogP contribution in [-0.2, 0) is 9.59 Å². The van der Waals surface area contributed by atoms with Gasteiger partial charge in [-0.3, -0.25) is 9.59 Å². The van der Waals surface area contributed by atoms with Crippen molar-refractivity contribution < 1.29 is 9.59 Å². The summed E-state index contributed by atoms with van der Waals surface area (Å²) in [6.45, 7) is 6.79. The number of amides is 2. The Bertz CT molecular complexity index is 479. The lowest BCUT2D eigenvalue weighted by atomic mass is 10.0. The number of carbonyl (C=O) groups is 2. The number of hydrogen-bond donors (Lipinski definition) is 1. The minimum atomic E-state index is -0.290. The molecule has 1 heterocycles. The highest BCUT2D eigenvalue weighted by atomic mass is 16.2. The van der Waals surface area contributed by atoms with E-state index in [0.29, 0.717) is 18.9 Å². The molecule has 2 amide bonds. The summed E-state index contributed by atoms with van der Waals surface area (Å²) in [4.78, 5) is 26.6. The molecule has 2 aliphatic rings. The van der Waals surface area contributed by atoms with Crippen molar-refractivity contribution in [1.82, 2.24) is 10.2 Å². The molecule has 0 aromatic carbocycles. The van der Waals surface area contributed by atoms with Gasteiger partial charge in [0.05, 0.1) is 6.04 Å². The van der Waals surface area contributed by atoms with Crippen LogP contribution in [0.25, 0.3) is 0 Å². The van der Waals surface area contributed by atoms with E-state index >= 15 is 0 Å². The summed E-state index contributed by atoms with van der Waals surface area (Å²) in [7, 11) is 0. The number of nitrogens with zero attached hydrogens (tertiary/aromatic N) is 1. The number of likely N-dealkylation sites (tertiary alicyclic amines) is 1. The third-order valence-corrected chi connectivity index (χ3v) is 4.34. The highest BCUT2D eigenvalue weighted by molar-refractivity contribution is 5.88. The first-order chi connectivity index (χ1) is 10.5. The molecular weight excluding hydrogens is 276 g/mol. The van der Waals surface area contributed by atoms with Crippen LogP contribution in [0, 0.1) is 5.92 Å². The molecule has 1 fully saturated rings. The van der Waals surface area contributed by atoms with Crippen LogP contribution < -0.4 is 5.32 Å². The van der Waals surface area contributed by atoms with E-state index < -0.39 is 0 Å². The summed E-state index contributed by atoms with van der Waals surface area (Å²) < 4.78 is 0. The van der Waals surface area contributed by atoms with Crippen LogP contribution in [0.1, 0.15) is 52.9 Å². The van der Waals surface area contributed by atoms with E-state index in [2.05, 4.69) is 23.5 Å². The van der Waals surface area contributed by atoms with Gasteiger partial charge in [0.25, 0.3) is 0 Å². The fourth-order valence-electron chi connectivity index (χ4n) is 3.15. The molecule has 0 aromatic rings. The van der Waals surface area contributed by atoms with Crippen molar-refractivity contribution in [2.75, 3.05) is 6.54 Å². The molecule has 4 heteroatoms. The first kappa shape index (κ1) is 16.8. The molecule has 0 radical (unpaired) electrons. The van der Waals surface area contributed by atoms with Crippen molar-refractivity contribution in [2.45, 2.75) is 65.0 Å². The van der Waals surface area contributed by atoms with Gasteiger partial charge in [-0.25, -0.2) is 0 Å². The van der Waals surface area contributed by atoms with Crippen LogP contribution in [0.2, 0.25) is 0 Å². The Morgan fingerprint density at radius 3 is 2.73 bits per heavy atom. The third kappa shape index (κ3) is 4.21. The zero-order valence-corrected chi connectivity index (χ0v) is 14.0. The van der Waals surface area contributed by atoms with Crippen molar-refractivity contribution >= 4 is 11.8 Å². The number of carbonyl (C=O) groups excluding carboxylic acids is 2. The molecule has 1 saturated heterocycles. The zero-order chi connectivity index (χ0) is 16.1. The molecule has 0 saturated carbocycles. The lowest BCUT2D eigenvalue weighted by molar-refractivity contribution is -0.139. The van der Waals surface area contributed by atoms with E-state index in [4.69, 9.17) is 0 Å². The van der Waals surface area contributed by atoms with Gasteiger partial charge >= 0.3 is 0 Å². The first-order valence-electron chi connectivity index (χ1n) is 8.45. The number of hydrogen-bond acceptors (Lipinski definition) is 2. The van der Waals surface area contributed by atoms with Crippen molar-refractivity contribution in [2.24, 2.45) is 5.92 Å². The van der Waals surface area contributed by atoms with Crippen molar-refractivity contribution in [1.29, 1.82) is 0 Å². The molecule has 2 unspecified atom stereocenters. The molecule has 122 valence electrons. The van der Waals surface area contributed by atoms with Gasteiger partial charge in [0.15, 0.2) is 0 Å². The lowest BCUT2D eigenvalue weighted by Gasteiger charge is -2.27. The van der Waals surface area contributed by atoms with Gasteiger partial charge in [0, 0.05) is 13.0 Å². The maximum Gasteiger partial charge on any atom is 0.243 e. The summed E-state index contributed by atoms with van der Waals surface area (Å²) in [6.07, 6.45) is 10.7. The summed E-state index contributed by atoms with van der Waals surface area (Å²) in [5.41, 5.74) is 1.16. The van der Waals surface area contributed by atoms with E-state index in [9.17, 15) is 9.59 Å². The summed E-state index contributed by atoms with van der Waals surface area (Å²) in [5, 5.41) is 3.08. The molecule has 2 rings (SSSR count). The quantitative estimate of drug-likeness (QED) is 0.849. The Balaban J connectivity index is 1.94. The lowest BCUT2D eigenvalue weighted by Crippen LogP contribution is -2.48. The number of rotatable bonds is 5. The molecule has 1 aliphatic carbocycles. The third-order valence-electron chi connectivity index (χ3n) is 4.34. The number of nitrogens with one attached hydrogen (secondary N) is 1. The van der Waals surface area contributed by atoms with Crippen LogP contribution in [0.15, 0.2) is 23.8 Å². The van der Waals surface area contributed by atoms with Gasteiger partial charge in [-0.1, -0.05) is 32.1 Å². The van der Waals surface area contributed by atoms with Gasteiger partial charge in [-0.05, 0) is 44.1 Å². The molecule has 0 aromatic heterocycles. The standard InChI is InChI=1S/C18H28N2O2/c1-13(2)12-17(21)20-11-7-10-16(20)18(22)19-14(3)15-8-5-4-6-9-15/h5,8-9,13-14,16H,4,6-7,10-12H2,1-3H3,(H,19,22). The normalized spacial score (nSPS) is 22.6. The predicted octanol–water partition coefficient (Wildman–Crippen LogP) is 2.80. The van der Waals surface area contributed by atoms with E-state index in [1.54, 1.807) is 4.90 Å². The second-order valence-corrected chi connectivity index (χ2v) is 6.76. The fraction of sp³-hybridized carbons (Fsp3) is 0.667. The molecular formula is C18H28N2O2. The smallest absolute Gasteiger partial charge is 0.243 e. The van der Waals surface area contributed by atoms with Gasteiger partial charge in [-0.2, -0.15) is 0 Å². The minimum Gasteiger partial charge on any atom is -0.348 e. The largest absolute Gasteiger partial charge is 0.348 e. The minimum absolute atomic E-state index is 0.00620. The van der Waals surface area contributed by atoms with E-state index in [-0.39, 0.29) is 23.9 Å². The number of allylic oxidation sites excluding steroid dienone is 2. The van der Waals surface area contributed by atoms with E-state index in [0.717, 1.165) is 31.3 Å². The van der Waals surface area contributed by atoms with Gasteiger partial charge in [0.1, 0.15) is 6.04 Å². The monoisotopic (exact) mass is 304 g/mol. The second kappa shape index (κ2) is 7.61. The van der Waals surface area contributed by atoms with Gasteiger partial charge in [-0.15, -0.1) is 0 Å². The highest BCUT2D eigenvalue weighted by Crippen LogP contribution is 2.21. The second-order valence-electron chi connectivity index (χ2n) is 6.76.